The number of thioether (sulfide) groups is 1. The summed E-state index contributed by atoms with van der Waals surface area (Å²) >= 11 is 1.60. The van der Waals surface area contributed by atoms with Gasteiger partial charge < -0.3 is 5.11 Å². The molecule has 1 N–H and O–H groups in total. The SMILES string of the molecule is N#CC(CCO)(CCCC1=CCCC1)Sc1ccccc1. The van der Waals surface area contributed by atoms with Crippen LogP contribution in [0, 0.1) is 11.3 Å². The first kappa shape index (κ1) is 16.1. The van der Waals surface area contributed by atoms with Crippen LogP contribution in [0.3, 0.4) is 0 Å². The highest BCUT2D eigenvalue weighted by atomic mass is 32.2. The molecule has 1 aromatic rings. The zero-order valence-electron chi connectivity index (χ0n) is 12.4. The highest BCUT2D eigenvalue weighted by Crippen LogP contribution is 2.39. The van der Waals surface area contributed by atoms with Crippen LogP contribution in [-0.2, 0) is 0 Å². The molecular formula is C18H23NOS. The van der Waals surface area contributed by atoms with Crippen molar-refractivity contribution in [2.75, 3.05) is 6.61 Å². The molecule has 0 saturated carbocycles. The number of allylic oxidation sites excluding steroid dienone is 2. The van der Waals surface area contributed by atoms with Gasteiger partial charge in [-0.25, -0.2) is 0 Å². The topological polar surface area (TPSA) is 44.0 Å². The minimum atomic E-state index is -0.505. The van der Waals surface area contributed by atoms with Gasteiger partial charge in [-0.3, -0.25) is 0 Å². The molecule has 1 unspecified atom stereocenters. The van der Waals surface area contributed by atoms with E-state index in [1.54, 1.807) is 17.3 Å². The fourth-order valence-corrected chi connectivity index (χ4v) is 4.05. The molecule has 0 amide bonds. The Balaban J connectivity index is 1.96. The van der Waals surface area contributed by atoms with Crippen molar-refractivity contribution in [2.45, 2.75) is 54.6 Å². The first-order valence-electron chi connectivity index (χ1n) is 7.72. The zero-order valence-corrected chi connectivity index (χ0v) is 13.2. The molecule has 2 rings (SSSR count). The second-order valence-corrected chi connectivity index (χ2v) is 7.06. The fraction of sp³-hybridized carbons (Fsp3) is 0.500. The molecule has 0 radical (unpaired) electrons. The summed E-state index contributed by atoms with van der Waals surface area (Å²) in [5.41, 5.74) is 1.55. The Kier molecular flexibility index (Phi) is 6.35. The van der Waals surface area contributed by atoms with Crippen LogP contribution in [0.15, 0.2) is 46.9 Å². The summed E-state index contributed by atoms with van der Waals surface area (Å²) in [7, 11) is 0. The monoisotopic (exact) mass is 301 g/mol. The summed E-state index contributed by atoms with van der Waals surface area (Å²) in [4.78, 5) is 1.10. The third kappa shape index (κ3) is 4.91. The number of hydrogen-bond donors (Lipinski definition) is 1. The summed E-state index contributed by atoms with van der Waals surface area (Å²) in [6.07, 6.45) is 9.57. The van der Waals surface area contributed by atoms with Crippen LogP contribution in [0.25, 0.3) is 0 Å². The van der Waals surface area contributed by atoms with Crippen molar-refractivity contribution in [3.63, 3.8) is 0 Å². The highest BCUT2D eigenvalue weighted by molar-refractivity contribution is 8.01. The van der Waals surface area contributed by atoms with E-state index < -0.39 is 4.75 Å². The van der Waals surface area contributed by atoms with Gasteiger partial charge in [0.25, 0.3) is 0 Å². The largest absolute Gasteiger partial charge is 0.396 e. The summed E-state index contributed by atoms with van der Waals surface area (Å²) in [6.45, 7) is 0.0656. The lowest BCUT2D eigenvalue weighted by molar-refractivity contribution is 0.275. The Morgan fingerprint density at radius 3 is 2.67 bits per heavy atom. The van der Waals surface area contributed by atoms with Crippen LogP contribution in [-0.4, -0.2) is 16.5 Å². The molecule has 1 aliphatic carbocycles. The van der Waals surface area contributed by atoms with E-state index in [0.717, 1.165) is 24.2 Å². The van der Waals surface area contributed by atoms with Gasteiger partial charge in [-0.2, -0.15) is 5.26 Å². The maximum absolute atomic E-state index is 9.66. The molecule has 0 bridgehead atoms. The molecule has 0 fully saturated rings. The van der Waals surface area contributed by atoms with Crippen LogP contribution in [0.1, 0.15) is 44.9 Å². The Morgan fingerprint density at radius 2 is 2.05 bits per heavy atom. The molecule has 0 heterocycles. The van der Waals surface area contributed by atoms with Crippen LogP contribution in [0.2, 0.25) is 0 Å². The van der Waals surface area contributed by atoms with E-state index in [9.17, 15) is 10.4 Å². The normalized spacial score (nSPS) is 17.0. The molecule has 21 heavy (non-hydrogen) atoms. The van der Waals surface area contributed by atoms with Gasteiger partial charge in [0.2, 0.25) is 0 Å². The second kappa shape index (κ2) is 8.26. The predicted octanol–water partition coefficient (Wildman–Crippen LogP) is 4.70. The number of benzene rings is 1. The van der Waals surface area contributed by atoms with Gasteiger partial charge in [-0.1, -0.05) is 29.8 Å². The van der Waals surface area contributed by atoms with Crippen molar-refractivity contribution in [1.29, 1.82) is 5.26 Å². The summed E-state index contributed by atoms with van der Waals surface area (Å²) in [6, 6.07) is 12.5. The van der Waals surface area contributed by atoms with Gasteiger partial charge in [-0.15, -0.1) is 11.8 Å². The molecule has 0 spiro atoms. The highest BCUT2D eigenvalue weighted by Gasteiger charge is 2.30. The van der Waals surface area contributed by atoms with Crippen molar-refractivity contribution < 1.29 is 5.11 Å². The van der Waals surface area contributed by atoms with Crippen LogP contribution in [0.4, 0.5) is 0 Å². The minimum Gasteiger partial charge on any atom is -0.396 e. The molecule has 0 aliphatic heterocycles. The lowest BCUT2D eigenvalue weighted by atomic mass is 9.97. The number of hydrogen-bond acceptors (Lipinski definition) is 3. The Morgan fingerprint density at radius 1 is 1.24 bits per heavy atom. The van der Waals surface area contributed by atoms with E-state index in [2.05, 4.69) is 12.1 Å². The van der Waals surface area contributed by atoms with Gasteiger partial charge in [-0.05, 0) is 57.1 Å². The van der Waals surface area contributed by atoms with E-state index >= 15 is 0 Å². The molecule has 1 atom stereocenters. The zero-order chi connectivity index (χ0) is 15.0. The summed E-state index contributed by atoms with van der Waals surface area (Å²) < 4.78 is -0.505. The quantitative estimate of drug-likeness (QED) is 0.559. The number of rotatable bonds is 8. The lowest BCUT2D eigenvalue weighted by Crippen LogP contribution is -2.24. The Hall–Kier alpha value is -1.24. The van der Waals surface area contributed by atoms with E-state index in [1.165, 1.54) is 19.3 Å². The first-order chi connectivity index (χ1) is 10.3. The van der Waals surface area contributed by atoms with E-state index in [0.29, 0.717) is 6.42 Å². The van der Waals surface area contributed by atoms with E-state index in [4.69, 9.17) is 0 Å². The van der Waals surface area contributed by atoms with Crippen molar-refractivity contribution in [3.05, 3.63) is 42.0 Å². The Bertz CT molecular complexity index is 506. The third-order valence-electron chi connectivity index (χ3n) is 3.99. The third-order valence-corrected chi connectivity index (χ3v) is 5.39. The molecule has 1 aromatic carbocycles. The fourth-order valence-electron chi connectivity index (χ4n) is 2.82. The minimum absolute atomic E-state index is 0.0656. The standard InChI is InChI=1S/C18H23NOS/c19-15-18(13-14-20,21-17-10-2-1-3-11-17)12-6-9-16-7-4-5-8-16/h1-3,7,10-11,20H,4-6,8-9,12-14H2. The predicted molar refractivity (Wildman–Crippen MR) is 88.1 cm³/mol. The van der Waals surface area contributed by atoms with Crippen molar-refractivity contribution in [1.82, 2.24) is 0 Å². The molecule has 112 valence electrons. The number of nitriles is 1. The van der Waals surface area contributed by atoms with Gasteiger partial charge in [0.1, 0.15) is 4.75 Å². The van der Waals surface area contributed by atoms with Crippen LogP contribution < -0.4 is 0 Å². The van der Waals surface area contributed by atoms with Gasteiger partial charge in [0.15, 0.2) is 0 Å². The number of nitrogens with zero attached hydrogens (tertiary/aromatic N) is 1. The second-order valence-electron chi connectivity index (χ2n) is 5.60. The van der Waals surface area contributed by atoms with Gasteiger partial charge in [0.05, 0.1) is 6.07 Å². The lowest BCUT2D eigenvalue weighted by Gasteiger charge is -2.25. The van der Waals surface area contributed by atoms with E-state index in [-0.39, 0.29) is 6.61 Å². The number of aliphatic hydroxyl groups excluding tert-OH is 1. The molecular weight excluding hydrogens is 278 g/mol. The molecule has 3 heteroatoms. The van der Waals surface area contributed by atoms with Crippen LogP contribution >= 0.6 is 11.8 Å². The van der Waals surface area contributed by atoms with E-state index in [1.807, 2.05) is 30.3 Å². The molecule has 0 saturated heterocycles. The molecule has 0 aromatic heterocycles. The summed E-state index contributed by atoms with van der Waals surface area (Å²) in [5, 5.41) is 19.0. The van der Waals surface area contributed by atoms with Gasteiger partial charge >= 0.3 is 0 Å². The summed E-state index contributed by atoms with van der Waals surface area (Å²) in [5.74, 6) is 0. The van der Waals surface area contributed by atoms with Crippen molar-refractivity contribution >= 4 is 11.8 Å². The van der Waals surface area contributed by atoms with Crippen molar-refractivity contribution in [3.8, 4) is 6.07 Å². The average molecular weight is 301 g/mol. The first-order valence-corrected chi connectivity index (χ1v) is 8.54. The molecule has 2 nitrogen and oxygen atoms in total. The van der Waals surface area contributed by atoms with Crippen molar-refractivity contribution in [2.24, 2.45) is 0 Å². The average Bonchev–Trinajstić information content (AvgIpc) is 3.02. The van der Waals surface area contributed by atoms with Crippen LogP contribution in [0.5, 0.6) is 0 Å². The maximum atomic E-state index is 9.66. The Labute approximate surface area is 131 Å². The maximum Gasteiger partial charge on any atom is 0.109 e. The molecule has 1 aliphatic rings. The smallest absolute Gasteiger partial charge is 0.109 e. The van der Waals surface area contributed by atoms with Gasteiger partial charge in [0, 0.05) is 11.5 Å². The number of aliphatic hydroxyl groups is 1.